The summed E-state index contributed by atoms with van der Waals surface area (Å²) >= 11 is 0. The highest BCUT2D eigenvalue weighted by atomic mass is 16.3. The van der Waals surface area contributed by atoms with Gasteiger partial charge in [0, 0.05) is 29.6 Å². The van der Waals surface area contributed by atoms with Crippen molar-refractivity contribution in [3.05, 3.63) is 77.0 Å². The van der Waals surface area contributed by atoms with Crippen LogP contribution in [0.25, 0.3) is 21.8 Å². The smallest absolute Gasteiger partial charge is 0.290 e. The molecule has 0 radical (unpaired) electrons. The maximum atomic E-state index is 8.36. The Morgan fingerprint density at radius 3 is 2.51 bits per heavy atom. The molecule has 2 aromatic heterocycles. The van der Waals surface area contributed by atoms with E-state index in [4.69, 9.17) is 15.6 Å². The molecule has 0 bridgehead atoms. The number of aryl methyl sites for hydroxylation is 3. The number of nitrogens with two attached hydrogens (primary N) is 1. The molecule has 2 atom stereocenters. The topological polar surface area (TPSA) is 92.3 Å². The highest BCUT2D eigenvalue weighted by Crippen LogP contribution is 2.29. The number of hydrogen-bond donors (Lipinski definition) is 2. The van der Waals surface area contributed by atoms with Crippen molar-refractivity contribution in [2.24, 2.45) is 5.92 Å². The number of likely N-dealkylation sites (tertiary alicyclic amines) is 1. The molecule has 3 heterocycles. The number of rotatable bonds is 5. The fourth-order valence-electron chi connectivity index (χ4n) is 4.98. The molecule has 0 spiro atoms. The number of nitrogens with zero attached hydrogens (tertiary/aromatic N) is 3. The fourth-order valence-corrected chi connectivity index (χ4v) is 4.98. The van der Waals surface area contributed by atoms with Crippen LogP contribution in [0.1, 0.15) is 48.6 Å². The molecule has 0 saturated carbocycles. The van der Waals surface area contributed by atoms with Gasteiger partial charge in [-0.15, -0.1) is 0 Å². The summed E-state index contributed by atoms with van der Waals surface area (Å²) in [4.78, 5) is 20.2. The average Bonchev–Trinajstić information content (AvgIpc) is 3.29. The van der Waals surface area contributed by atoms with E-state index in [-0.39, 0.29) is 6.47 Å². The second-order valence-corrected chi connectivity index (χ2v) is 9.67. The van der Waals surface area contributed by atoms with Crippen LogP contribution in [-0.2, 0) is 17.6 Å². The zero-order valence-electron chi connectivity index (χ0n) is 20.7. The first-order valence-electron chi connectivity index (χ1n) is 12.2. The summed E-state index contributed by atoms with van der Waals surface area (Å²) in [5.41, 5.74) is 13.1. The fraction of sp³-hybridized carbons (Fsp3) is 0.345. The molecule has 6 nitrogen and oxygen atoms in total. The summed E-state index contributed by atoms with van der Waals surface area (Å²) in [6.07, 6.45) is 5.22. The van der Waals surface area contributed by atoms with Crippen molar-refractivity contribution in [1.29, 1.82) is 0 Å². The van der Waals surface area contributed by atoms with E-state index in [2.05, 4.69) is 84.2 Å². The Bertz CT molecular complexity index is 1320. The number of carboxylic acid groups (broad SMARTS) is 1. The van der Waals surface area contributed by atoms with Crippen LogP contribution in [0.3, 0.4) is 0 Å². The maximum absolute atomic E-state index is 8.36. The molecule has 2 aromatic carbocycles. The Balaban J connectivity index is 0.000000917. The van der Waals surface area contributed by atoms with Gasteiger partial charge >= 0.3 is 0 Å². The highest BCUT2D eigenvalue weighted by Gasteiger charge is 2.23. The van der Waals surface area contributed by atoms with E-state index in [0.717, 1.165) is 40.6 Å². The Hall–Kier alpha value is -3.51. The molecular weight excluding hydrogens is 436 g/mol. The summed E-state index contributed by atoms with van der Waals surface area (Å²) in [5.74, 6) is 1.32. The van der Waals surface area contributed by atoms with Crippen LogP contribution in [0.2, 0.25) is 0 Å². The van der Waals surface area contributed by atoms with E-state index in [0.29, 0.717) is 11.9 Å². The van der Waals surface area contributed by atoms with Crippen molar-refractivity contribution in [1.82, 2.24) is 14.9 Å². The van der Waals surface area contributed by atoms with Gasteiger partial charge in [0.2, 0.25) is 0 Å². The molecule has 0 aliphatic carbocycles. The summed E-state index contributed by atoms with van der Waals surface area (Å²) in [5, 5.41) is 9.10. The van der Waals surface area contributed by atoms with Crippen LogP contribution >= 0.6 is 0 Å². The van der Waals surface area contributed by atoms with Crippen molar-refractivity contribution in [3.63, 3.8) is 0 Å². The number of fused-ring (bicyclic) bond motifs is 3. The molecule has 1 saturated heterocycles. The van der Waals surface area contributed by atoms with Gasteiger partial charge in [0.1, 0.15) is 5.52 Å². The lowest BCUT2D eigenvalue weighted by Gasteiger charge is -2.24. The second kappa shape index (κ2) is 10.8. The number of anilines is 1. The first kappa shape index (κ1) is 24.6. The largest absolute Gasteiger partial charge is 0.483 e. The van der Waals surface area contributed by atoms with Crippen LogP contribution in [0, 0.1) is 12.8 Å². The van der Waals surface area contributed by atoms with Crippen LogP contribution in [0.4, 0.5) is 5.82 Å². The van der Waals surface area contributed by atoms with Crippen LogP contribution < -0.4 is 5.73 Å². The van der Waals surface area contributed by atoms with Gasteiger partial charge in [-0.05, 0) is 80.0 Å². The Kier molecular flexibility index (Phi) is 7.61. The van der Waals surface area contributed by atoms with Crippen molar-refractivity contribution in [2.45, 2.75) is 46.1 Å². The Morgan fingerprint density at radius 1 is 1.11 bits per heavy atom. The summed E-state index contributed by atoms with van der Waals surface area (Å²) in [6, 6.07) is 18.3. The monoisotopic (exact) mass is 470 g/mol. The Labute approximate surface area is 206 Å². The van der Waals surface area contributed by atoms with Crippen molar-refractivity contribution in [3.8, 4) is 0 Å². The quantitative estimate of drug-likeness (QED) is 0.293. The van der Waals surface area contributed by atoms with Gasteiger partial charge in [0.15, 0.2) is 5.82 Å². The van der Waals surface area contributed by atoms with Gasteiger partial charge in [-0.25, -0.2) is 4.98 Å². The molecule has 2 unspecified atom stereocenters. The van der Waals surface area contributed by atoms with Crippen LogP contribution in [0.15, 0.2) is 54.7 Å². The molecule has 182 valence electrons. The molecule has 1 aliphatic rings. The maximum Gasteiger partial charge on any atom is 0.290 e. The number of pyridine rings is 2. The summed E-state index contributed by atoms with van der Waals surface area (Å²) in [7, 11) is 0. The highest BCUT2D eigenvalue weighted by molar-refractivity contribution is 6.08. The minimum Gasteiger partial charge on any atom is -0.483 e. The molecule has 4 aromatic rings. The van der Waals surface area contributed by atoms with E-state index in [9.17, 15) is 0 Å². The Morgan fingerprint density at radius 2 is 1.83 bits per heavy atom. The molecule has 6 heteroatoms. The summed E-state index contributed by atoms with van der Waals surface area (Å²) < 4.78 is 0. The minimum atomic E-state index is -0.250. The number of nitrogen functional groups attached to an aromatic ring is 1. The van der Waals surface area contributed by atoms with E-state index < -0.39 is 0 Å². The van der Waals surface area contributed by atoms with E-state index in [1.807, 2.05) is 6.20 Å². The second-order valence-electron chi connectivity index (χ2n) is 9.67. The van der Waals surface area contributed by atoms with Crippen LogP contribution in [0.5, 0.6) is 0 Å². The van der Waals surface area contributed by atoms with E-state index >= 15 is 0 Å². The van der Waals surface area contributed by atoms with Gasteiger partial charge in [-0.3, -0.25) is 14.7 Å². The summed E-state index contributed by atoms with van der Waals surface area (Å²) in [6.45, 7) is 8.94. The zero-order chi connectivity index (χ0) is 24.9. The molecular formula is C29H34N4O2. The predicted molar refractivity (Wildman–Crippen MR) is 143 cm³/mol. The third-order valence-corrected chi connectivity index (χ3v) is 7.04. The number of aromatic nitrogens is 2. The van der Waals surface area contributed by atoms with Crippen molar-refractivity contribution < 1.29 is 9.90 Å². The molecule has 5 rings (SSSR count). The molecule has 3 N–H and O–H groups in total. The molecule has 0 amide bonds. The number of carbonyl (C=O) groups is 1. The first-order valence-corrected chi connectivity index (χ1v) is 12.2. The lowest BCUT2D eigenvalue weighted by Crippen LogP contribution is -2.24. The predicted octanol–water partition coefficient (Wildman–Crippen LogP) is 5.56. The van der Waals surface area contributed by atoms with Gasteiger partial charge in [0.25, 0.3) is 6.47 Å². The van der Waals surface area contributed by atoms with Gasteiger partial charge in [0.05, 0.1) is 5.52 Å². The molecule has 35 heavy (non-hydrogen) atoms. The lowest BCUT2D eigenvalue weighted by atomic mass is 10.00. The third kappa shape index (κ3) is 5.60. The SMILES string of the molecule is Cc1ccc2c(c1)nc(N)c1ncc(CCc3ccc(C(C)N4CCC(C)C4)cc3)cc12.O=CO. The normalized spacial score (nSPS) is 16.7. The standard InChI is InChI=1S/C28H32N4.CH2O2/c1-18-4-11-24-25-15-22(16-30-27(25)28(29)31-26(24)14-18)6-5-21-7-9-23(10-8-21)20(3)32-13-12-19(2)17-32;2-1-3/h4,7-11,14-16,19-20H,5-6,12-13,17H2,1-3H3,(H2,29,31);1H,(H,2,3). The molecule has 1 aliphatic heterocycles. The number of benzene rings is 2. The third-order valence-electron chi connectivity index (χ3n) is 7.04. The van der Waals surface area contributed by atoms with Gasteiger partial charge < -0.3 is 10.8 Å². The first-order chi connectivity index (χ1) is 16.9. The van der Waals surface area contributed by atoms with Crippen LogP contribution in [-0.4, -0.2) is 39.5 Å². The lowest BCUT2D eigenvalue weighted by molar-refractivity contribution is -0.122. The zero-order valence-corrected chi connectivity index (χ0v) is 20.7. The van der Waals surface area contributed by atoms with Gasteiger partial charge in [-0.1, -0.05) is 43.3 Å². The van der Waals surface area contributed by atoms with E-state index in [1.165, 1.54) is 41.8 Å². The van der Waals surface area contributed by atoms with Crippen molar-refractivity contribution >= 4 is 34.1 Å². The average molecular weight is 471 g/mol. The number of hydrogen-bond acceptors (Lipinski definition) is 5. The van der Waals surface area contributed by atoms with E-state index in [1.54, 1.807) is 0 Å². The van der Waals surface area contributed by atoms with Gasteiger partial charge in [-0.2, -0.15) is 0 Å². The minimum absolute atomic E-state index is 0.250. The van der Waals surface area contributed by atoms with Crippen molar-refractivity contribution in [2.75, 3.05) is 18.8 Å². The molecule has 1 fully saturated rings.